The summed E-state index contributed by atoms with van der Waals surface area (Å²) in [7, 11) is 3.13. The molecular formula is C21H20N2O5. The Hall–Kier alpha value is -3.61. The van der Waals surface area contributed by atoms with Crippen molar-refractivity contribution in [3.8, 4) is 11.5 Å². The van der Waals surface area contributed by atoms with Crippen molar-refractivity contribution in [3.63, 3.8) is 0 Å². The number of hydrogen-bond acceptors (Lipinski definition) is 5. The van der Waals surface area contributed by atoms with Crippen LogP contribution in [0.3, 0.4) is 0 Å². The van der Waals surface area contributed by atoms with E-state index in [0.717, 1.165) is 5.56 Å². The highest BCUT2D eigenvalue weighted by Crippen LogP contribution is 2.23. The second-order valence-corrected chi connectivity index (χ2v) is 6.03. The smallest absolute Gasteiger partial charge is 0.335 e. The lowest BCUT2D eigenvalue weighted by Crippen LogP contribution is -2.23. The molecule has 3 aromatic rings. The number of carbonyl (C=O) groups is 1. The number of ether oxygens (including phenoxy) is 2. The van der Waals surface area contributed by atoms with Crippen LogP contribution >= 0.6 is 0 Å². The van der Waals surface area contributed by atoms with Gasteiger partial charge in [-0.2, -0.15) is 0 Å². The molecule has 1 heterocycles. The monoisotopic (exact) mass is 380 g/mol. The zero-order valence-corrected chi connectivity index (χ0v) is 15.8. The molecule has 0 fully saturated rings. The fraction of sp³-hybridized carbons (Fsp3) is 0.190. The zero-order chi connectivity index (χ0) is 20.3. The summed E-state index contributed by atoms with van der Waals surface area (Å²) >= 11 is 0. The van der Waals surface area contributed by atoms with Gasteiger partial charge in [0, 0.05) is 12.6 Å². The Morgan fingerprint density at radius 3 is 2.36 bits per heavy atom. The molecule has 0 saturated carbocycles. The van der Waals surface area contributed by atoms with Gasteiger partial charge in [0.05, 0.1) is 30.8 Å². The van der Waals surface area contributed by atoms with Gasteiger partial charge in [-0.15, -0.1) is 0 Å². The van der Waals surface area contributed by atoms with E-state index in [1.165, 1.54) is 12.1 Å². The van der Waals surface area contributed by atoms with Crippen LogP contribution in [0, 0.1) is 0 Å². The van der Waals surface area contributed by atoms with E-state index in [4.69, 9.17) is 9.47 Å². The van der Waals surface area contributed by atoms with Crippen LogP contribution in [0.4, 0.5) is 0 Å². The minimum absolute atomic E-state index is 0.119. The predicted octanol–water partition coefficient (Wildman–Crippen LogP) is 3.30. The van der Waals surface area contributed by atoms with Crippen molar-refractivity contribution in [2.75, 3.05) is 14.2 Å². The SMILES string of the molecule is CCn1c(=O)c(/C=C/c2cc(OC)cc(OC)c2)nc2cc(C(=O)O)ccc21. The molecular weight excluding hydrogens is 360 g/mol. The average Bonchev–Trinajstić information content (AvgIpc) is 2.71. The number of methoxy groups -OCH3 is 2. The maximum absolute atomic E-state index is 12.8. The third kappa shape index (κ3) is 3.73. The van der Waals surface area contributed by atoms with E-state index < -0.39 is 5.97 Å². The van der Waals surface area contributed by atoms with Crippen LogP contribution in [0.1, 0.15) is 28.5 Å². The molecule has 7 nitrogen and oxygen atoms in total. The van der Waals surface area contributed by atoms with E-state index in [9.17, 15) is 14.7 Å². The quantitative estimate of drug-likeness (QED) is 0.706. The molecule has 2 aromatic carbocycles. The summed E-state index contributed by atoms with van der Waals surface area (Å²) in [5, 5.41) is 9.21. The molecule has 0 radical (unpaired) electrons. The van der Waals surface area contributed by atoms with E-state index in [0.29, 0.717) is 29.1 Å². The topological polar surface area (TPSA) is 90.7 Å². The van der Waals surface area contributed by atoms with Gasteiger partial charge in [-0.25, -0.2) is 9.78 Å². The molecule has 1 aromatic heterocycles. The number of benzene rings is 2. The van der Waals surface area contributed by atoms with Gasteiger partial charge >= 0.3 is 5.97 Å². The van der Waals surface area contributed by atoms with E-state index in [1.54, 1.807) is 55.2 Å². The largest absolute Gasteiger partial charge is 0.497 e. The van der Waals surface area contributed by atoms with Crippen LogP contribution in [0.15, 0.2) is 41.2 Å². The molecule has 0 unspecified atom stereocenters. The summed E-state index contributed by atoms with van der Waals surface area (Å²) in [6.07, 6.45) is 3.34. The summed E-state index contributed by atoms with van der Waals surface area (Å²) in [4.78, 5) is 28.4. The number of aromatic carboxylic acids is 1. The second kappa shape index (κ2) is 7.96. The average molecular weight is 380 g/mol. The van der Waals surface area contributed by atoms with Crippen LogP contribution in [-0.4, -0.2) is 34.8 Å². The highest BCUT2D eigenvalue weighted by atomic mass is 16.5. The highest BCUT2D eigenvalue weighted by molar-refractivity contribution is 5.92. The zero-order valence-electron chi connectivity index (χ0n) is 15.8. The summed E-state index contributed by atoms with van der Waals surface area (Å²) in [6, 6.07) is 9.91. The van der Waals surface area contributed by atoms with Crippen LogP contribution in [0.25, 0.3) is 23.2 Å². The lowest BCUT2D eigenvalue weighted by Gasteiger charge is -2.09. The summed E-state index contributed by atoms with van der Waals surface area (Å²) < 4.78 is 12.1. The molecule has 0 aliphatic carbocycles. The van der Waals surface area contributed by atoms with Crippen LogP contribution in [0.5, 0.6) is 11.5 Å². The number of aryl methyl sites for hydroxylation is 1. The van der Waals surface area contributed by atoms with E-state index in [2.05, 4.69) is 4.98 Å². The minimum atomic E-state index is -1.04. The Balaban J connectivity index is 2.12. The van der Waals surface area contributed by atoms with Crippen molar-refractivity contribution >= 4 is 29.2 Å². The number of carboxylic acid groups (broad SMARTS) is 1. The lowest BCUT2D eigenvalue weighted by atomic mass is 10.1. The number of fused-ring (bicyclic) bond motifs is 1. The molecule has 3 rings (SSSR count). The van der Waals surface area contributed by atoms with Gasteiger partial charge in [-0.1, -0.05) is 6.08 Å². The molecule has 0 amide bonds. The van der Waals surface area contributed by atoms with Gasteiger partial charge in [-0.3, -0.25) is 4.79 Å². The molecule has 28 heavy (non-hydrogen) atoms. The lowest BCUT2D eigenvalue weighted by molar-refractivity contribution is 0.0697. The fourth-order valence-corrected chi connectivity index (χ4v) is 2.92. The standard InChI is InChI=1S/C21H20N2O5/c1-4-23-19-8-6-14(21(25)26)11-18(19)22-17(20(23)24)7-5-13-9-15(27-2)12-16(10-13)28-3/h5-12H,4H2,1-3H3,(H,25,26)/b7-5+. The Morgan fingerprint density at radius 1 is 1.11 bits per heavy atom. The van der Waals surface area contributed by atoms with E-state index >= 15 is 0 Å². The van der Waals surface area contributed by atoms with Crippen molar-refractivity contribution in [2.45, 2.75) is 13.5 Å². The van der Waals surface area contributed by atoms with Gasteiger partial charge in [0.2, 0.25) is 0 Å². The van der Waals surface area contributed by atoms with Gasteiger partial charge in [0.1, 0.15) is 17.2 Å². The van der Waals surface area contributed by atoms with Crippen LogP contribution < -0.4 is 15.0 Å². The van der Waals surface area contributed by atoms with Crippen molar-refractivity contribution in [1.29, 1.82) is 0 Å². The molecule has 0 aliphatic rings. The molecule has 7 heteroatoms. The first-order valence-electron chi connectivity index (χ1n) is 8.66. The normalized spacial score (nSPS) is 11.1. The summed E-state index contributed by atoms with van der Waals surface area (Å²) in [5.41, 5.74) is 1.92. The first kappa shape index (κ1) is 19.2. The Kier molecular flexibility index (Phi) is 5.44. The number of rotatable bonds is 6. The number of aromatic nitrogens is 2. The molecule has 0 atom stereocenters. The van der Waals surface area contributed by atoms with Crippen molar-refractivity contribution in [3.05, 3.63) is 63.6 Å². The van der Waals surface area contributed by atoms with Gasteiger partial charge < -0.3 is 19.1 Å². The van der Waals surface area contributed by atoms with Crippen molar-refractivity contribution in [2.24, 2.45) is 0 Å². The molecule has 0 bridgehead atoms. The van der Waals surface area contributed by atoms with E-state index in [-0.39, 0.29) is 16.8 Å². The fourth-order valence-electron chi connectivity index (χ4n) is 2.92. The molecule has 144 valence electrons. The molecule has 0 saturated heterocycles. The van der Waals surface area contributed by atoms with Crippen LogP contribution in [0.2, 0.25) is 0 Å². The maximum atomic E-state index is 12.8. The Morgan fingerprint density at radius 2 is 1.79 bits per heavy atom. The van der Waals surface area contributed by atoms with Gasteiger partial charge in [0.15, 0.2) is 0 Å². The third-order valence-corrected chi connectivity index (χ3v) is 4.34. The van der Waals surface area contributed by atoms with Crippen molar-refractivity contribution < 1.29 is 19.4 Å². The molecule has 1 N–H and O–H groups in total. The number of carboxylic acids is 1. The number of hydrogen-bond donors (Lipinski definition) is 1. The summed E-state index contributed by atoms with van der Waals surface area (Å²) in [6.45, 7) is 2.30. The Bertz CT molecular complexity index is 1110. The van der Waals surface area contributed by atoms with Gasteiger partial charge in [0.25, 0.3) is 5.56 Å². The maximum Gasteiger partial charge on any atom is 0.335 e. The minimum Gasteiger partial charge on any atom is -0.497 e. The summed E-state index contributed by atoms with van der Waals surface area (Å²) in [5.74, 6) is 0.212. The van der Waals surface area contributed by atoms with Crippen LogP contribution in [-0.2, 0) is 6.54 Å². The predicted molar refractivity (Wildman–Crippen MR) is 107 cm³/mol. The Labute approximate surface area is 161 Å². The molecule has 0 aliphatic heterocycles. The van der Waals surface area contributed by atoms with Gasteiger partial charge in [-0.05, 0) is 48.9 Å². The second-order valence-electron chi connectivity index (χ2n) is 6.03. The van der Waals surface area contributed by atoms with Crippen molar-refractivity contribution in [1.82, 2.24) is 9.55 Å². The van der Waals surface area contributed by atoms with E-state index in [1.807, 2.05) is 6.92 Å². The number of nitrogens with zero attached hydrogens (tertiary/aromatic N) is 2. The molecule has 0 spiro atoms. The first-order valence-corrected chi connectivity index (χ1v) is 8.66. The highest BCUT2D eigenvalue weighted by Gasteiger charge is 2.11. The first-order chi connectivity index (χ1) is 13.5. The third-order valence-electron chi connectivity index (χ3n) is 4.34.